The van der Waals surface area contributed by atoms with Crippen LogP contribution >= 0.6 is 0 Å². The van der Waals surface area contributed by atoms with E-state index < -0.39 is 17.1 Å². The molecule has 6 heteroatoms. The molecule has 1 aromatic heterocycles. The molecular weight excluding hydrogens is 164 g/mol. The predicted octanol–water partition coefficient (Wildman–Crippen LogP) is -0.523. The van der Waals surface area contributed by atoms with Crippen LogP contribution in [-0.4, -0.2) is 28.4 Å². The van der Waals surface area contributed by atoms with Gasteiger partial charge in [-0.15, -0.1) is 0 Å². The summed E-state index contributed by atoms with van der Waals surface area (Å²) in [5.74, 6) is -1.39. The lowest BCUT2D eigenvalue weighted by molar-refractivity contribution is 0.0691. The number of nitrogens with one attached hydrogen (secondary N) is 1. The van der Waals surface area contributed by atoms with Crippen LogP contribution in [-0.2, 0) is 0 Å². The molecule has 2 N–H and O–H groups in total. The van der Waals surface area contributed by atoms with Crippen molar-refractivity contribution >= 4 is 5.97 Å². The maximum Gasteiger partial charge on any atom is 0.345 e. The van der Waals surface area contributed by atoms with Crippen LogP contribution in [0, 0.1) is 0 Å². The van der Waals surface area contributed by atoms with Gasteiger partial charge < -0.3 is 9.84 Å². The number of methoxy groups -OCH3 is 1. The van der Waals surface area contributed by atoms with Crippen LogP contribution in [0.15, 0.2) is 11.0 Å². The summed E-state index contributed by atoms with van der Waals surface area (Å²) >= 11 is 0. The largest absolute Gasteiger partial charge is 0.494 e. The average molecular weight is 170 g/mol. The van der Waals surface area contributed by atoms with Crippen molar-refractivity contribution in [2.24, 2.45) is 0 Å². The lowest BCUT2D eigenvalue weighted by Gasteiger charge is -2.00. The quantitative estimate of drug-likeness (QED) is 0.622. The Hall–Kier alpha value is -1.85. The standard InChI is InChI=1S/C6H6N2O4/c1-12-3-2-7-8-5(9)4(3)6(10)11/h2H,1H3,(H,8,9)(H,10,11). The molecule has 0 spiro atoms. The maximum absolute atomic E-state index is 10.9. The number of rotatable bonds is 2. The summed E-state index contributed by atoms with van der Waals surface area (Å²) < 4.78 is 4.62. The van der Waals surface area contributed by atoms with Crippen molar-refractivity contribution in [3.05, 3.63) is 22.1 Å². The molecule has 0 fully saturated rings. The molecule has 0 aliphatic carbocycles. The van der Waals surface area contributed by atoms with Crippen LogP contribution in [0.1, 0.15) is 10.4 Å². The van der Waals surface area contributed by atoms with Crippen LogP contribution in [0.25, 0.3) is 0 Å². The number of nitrogens with zero attached hydrogens (tertiary/aromatic N) is 1. The van der Waals surface area contributed by atoms with Crippen LogP contribution in [0.3, 0.4) is 0 Å². The minimum Gasteiger partial charge on any atom is -0.494 e. The number of hydrogen-bond donors (Lipinski definition) is 2. The Morgan fingerprint density at radius 1 is 1.75 bits per heavy atom. The molecule has 0 saturated carbocycles. The van der Waals surface area contributed by atoms with E-state index in [2.05, 4.69) is 9.84 Å². The third-order valence-corrected chi connectivity index (χ3v) is 1.26. The van der Waals surface area contributed by atoms with E-state index in [9.17, 15) is 9.59 Å². The molecular formula is C6H6N2O4. The molecule has 0 saturated heterocycles. The monoisotopic (exact) mass is 170 g/mol. The lowest BCUT2D eigenvalue weighted by atomic mass is 10.3. The van der Waals surface area contributed by atoms with E-state index in [-0.39, 0.29) is 5.75 Å². The molecule has 0 atom stereocenters. The zero-order chi connectivity index (χ0) is 9.14. The van der Waals surface area contributed by atoms with Crippen molar-refractivity contribution in [2.75, 3.05) is 7.11 Å². The van der Waals surface area contributed by atoms with E-state index in [0.717, 1.165) is 6.20 Å². The zero-order valence-corrected chi connectivity index (χ0v) is 6.20. The number of aromatic carboxylic acids is 1. The summed E-state index contributed by atoms with van der Waals surface area (Å²) in [4.78, 5) is 21.3. The predicted molar refractivity (Wildman–Crippen MR) is 38.4 cm³/mol. The van der Waals surface area contributed by atoms with Gasteiger partial charge in [0, 0.05) is 0 Å². The summed E-state index contributed by atoms with van der Waals surface area (Å²) in [7, 11) is 1.27. The SMILES string of the molecule is COc1cn[nH]c(=O)c1C(=O)O. The first-order chi connectivity index (χ1) is 5.66. The summed E-state index contributed by atoms with van der Waals surface area (Å²) in [6.07, 6.45) is 1.13. The molecule has 12 heavy (non-hydrogen) atoms. The first-order valence-electron chi connectivity index (χ1n) is 3.01. The molecule has 1 aromatic rings. The summed E-state index contributed by atoms with van der Waals surface area (Å²) in [5.41, 5.74) is -1.21. The second-order valence-corrected chi connectivity index (χ2v) is 1.95. The molecule has 6 nitrogen and oxygen atoms in total. The third kappa shape index (κ3) is 1.26. The first kappa shape index (κ1) is 8.25. The third-order valence-electron chi connectivity index (χ3n) is 1.26. The number of ether oxygens (including phenoxy) is 1. The highest BCUT2D eigenvalue weighted by molar-refractivity contribution is 5.90. The normalized spacial score (nSPS) is 9.42. The Morgan fingerprint density at radius 2 is 2.42 bits per heavy atom. The molecule has 0 amide bonds. The van der Waals surface area contributed by atoms with E-state index in [1.165, 1.54) is 7.11 Å². The molecule has 0 aliphatic rings. The lowest BCUT2D eigenvalue weighted by Crippen LogP contribution is -2.19. The minimum atomic E-state index is -1.34. The molecule has 0 bridgehead atoms. The molecule has 0 radical (unpaired) electrons. The van der Waals surface area contributed by atoms with Gasteiger partial charge in [0.2, 0.25) is 0 Å². The van der Waals surface area contributed by atoms with Gasteiger partial charge in [-0.25, -0.2) is 9.89 Å². The van der Waals surface area contributed by atoms with Crippen molar-refractivity contribution in [3.8, 4) is 5.75 Å². The van der Waals surface area contributed by atoms with Gasteiger partial charge in [0.05, 0.1) is 13.3 Å². The Bertz CT molecular complexity index is 357. The van der Waals surface area contributed by atoms with E-state index in [0.29, 0.717) is 0 Å². The van der Waals surface area contributed by atoms with Gasteiger partial charge >= 0.3 is 5.97 Å². The van der Waals surface area contributed by atoms with Gasteiger partial charge in [-0.2, -0.15) is 5.10 Å². The average Bonchev–Trinajstić information content (AvgIpc) is 2.03. The Morgan fingerprint density at radius 3 is 2.83 bits per heavy atom. The summed E-state index contributed by atoms with van der Waals surface area (Å²) in [6.45, 7) is 0. The van der Waals surface area contributed by atoms with Crippen molar-refractivity contribution in [1.82, 2.24) is 10.2 Å². The first-order valence-corrected chi connectivity index (χ1v) is 3.01. The molecule has 0 aromatic carbocycles. The second-order valence-electron chi connectivity index (χ2n) is 1.95. The van der Waals surface area contributed by atoms with Crippen molar-refractivity contribution in [1.29, 1.82) is 0 Å². The van der Waals surface area contributed by atoms with Crippen LogP contribution < -0.4 is 10.3 Å². The Balaban J connectivity index is 3.40. The highest BCUT2D eigenvalue weighted by Gasteiger charge is 2.15. The van der Waals surface area contributed by atoms with E-state index >= 15 is 0 Å². The molecule has 0 unspecified atom stereocenters. The van der Waals surface area contributed by atoms with Crippen LogP contribution in [0.4, 0.5) is 0 Å². The molecule has 1 heterocycles. The van der Waals surface area contributed by atoms with Gasteiger partial charge in [-0.05, 0) is 0 Å². The number of carboxylic acids is 1. The van der Waals surface area contributed by atoms with E-state index in [4.69, 9.17) is 5.11 Å². The molecule has 1 rings (SSSR count). The summed E-state index contributed by atoms with van der Waals surface area (Å²) in [6, 6.07) is 0. The van der Waals surface area contributed by atoms with Crippen LogP contribution in [0.5, 0.6) is 5.75 Å². The van der Waals surface area contributed by atoms with E-state index in [1.54, 1.807) is 0 Å². The van der Waals surface area contributed by atoms with Gasteiger partial charge in [-0.3, -0.25) is 4.79 Å². The van der Waals surface area contributed by atoms with Gasteiger partial charge in [0.25, 0.3) is 5.56 Å². The number of carbonyl (C=O) groups is 1. The Kier molecular flexibility index (Phi) is 2.09. The van der Waals surface area contributed by atoms with Crippen molar-refractivity contribution in [2.45, 2.75) is 0 Å². The zero-order valence-electron chi connectivity index (χ0n) is 6.20. The second kappa shape index (κ2) is 3.04. The number of aromatic nitrogens is 2. The topological polar surface area (TPSA) is 92.3 Å². The summed E-state index contributed by atoms with van der Waals surface area (Å²) in [5, 5.41) is 13.9. The Labute approximate surface area is 66.8 Å². The minimum absolute atomic E-state index is 0.0498. The van der Waals surface area contributed by atoms with Gasteiger partial charge in [0.15, 0.2) is 11.3 Å². The van der Waals surface area contributed by atoms with Crippen molar-refractivity contribution in [3.63, 3.8) is 0 Å². The highest BCUT2D eigenvalue weighted by Crippen LogP contribution is 2.09. The number of H-pyrrole nitrogens is 1. The molecule has 0 aliphatic heterocycles. The van der Waals surface area contributed by atoms with Gasteiger partial charge in [0.1, 0.15) is 0 Å². The fraction of sp³-hybridized carbons (Fsp3) is 0.167. The van der Waals surface area contributed by atoms with Gasteiger partial charge in [-0.1, -0.05) is 0 Å². The van der Waals surface area contributed by atoms with Crippen molar-refractivity contribution < 1.29 is 14.6 Å². The number of aromatic amines is 1. The van der Waals surface area contributed by atoms with Crippen LogP contribution in [0.2, 0.25) is 0 Å². The maximum atomic E-state index is 10.9. The van der Waals surface area contributed by atoms with E-state index in [1.807, 2.05) is 5.10 Å². The fourth-order valence-corrected chi connectivity index (χ4v) is 0.739. The highest BCUT2D eigenvalue weighted by atomic mass is 16.5. The number of hydrogen-bond acceptors (Lipinski definition) is 4. The fourth-order valence-electron chi connectivity index (χ4n) is 0.739. The molecule has 64 valence electrons. The smallest absolute Gasteiger partial charge is 0.345 e. The number of carboxylic acid groups (broad SMARTS) is 1.